The number of halogens is 18. The molecule has 0 atom stereocenters. The number of alkyl halides is 15. The van der Waals surface area contributed by atoms with Crippen molar-refractivity contribution < 1.29 is 108 Å². The van der Waals surface area contributed by atoms with Gasteiger partial charge in [0.2, 0.25) is 0 Å². The van der Waals surface area contributed by atoms with Crippen LogP contribution in [0.25, 0.3) is 0 Å². The third-order valence-corrected chi connectivity index (χ3v) is 7.18. The van der Waals surface area contributed by atoms with Crippen molar-refractivity contribution in [3.05, 3.63) is 0 Å². The fraction of sp³-hybridized carbons (Fsp3) is 1.00. The maximum atomic E-state index is 13.4. The second-order valence-electron chi connectivity index (χ2n) is 4.40. The second-order valence-corrected chi connectivity index (χ2v) is 8.67. The minimum Gasteiger partial charge on any atom is 1.00 e. The zero-order chi connectivity index (χ0) is 21.4. The molecule has 0 spiro atoms. The van der Waals surface area contributed by atoms with E-state index >= 15 is 0 Å². The monoisotopic (exact) mass is 468 g/mol. The summed E-state index contributed by atoms with van der Waals surface area (Å²) in [4.78, 5) is 0. The number of rotatable bonds is 3. The molecule has 0 bridgehead atoms. The van der Waals surface area contributed by atoms with Crippen molar-refractivity contribution >= 4 is 6.88 Å². The molecule has 0 radical (unpaired) electrons. The summed E-state index contributed by atoms with van der Waals surface area (Å²) >= 11 is 0. The normalized spacial score (nSPS) is 18.7. The first-order valence-electron chi connectivity index (χ1n) is 4.76. The van der Waals surface area contributed by atoms with E-state index in [2.05, 4.69) is 0 Å². The predicted molar refractivity (Wildman–Crippen MR) is 43.2 cm³/mol. The Kier molecular flexibility index (Phi) is 6.13. The molecule has 0 aromatic carbocycles. The van der Waals surface area contributed by atoms with E-state index in [0.717, 1.165) is 0 Å². The molecule has 0 saturated heterocycles. The molecule has 0 saturated carbocycles. The summed E-state index contributed by atoms with van der Waals surface area (Å²) in [6.45, 7) is -15.0. The van der Waals surface area contributed by atoms with Crippen LogP contribution in [0.5, 0.6) is 0 Å². The summed E-state index contributed by atoms with van der Waals surface area (Å²) in [6, 6.07) is 0. The summed E-state index contributed by atoms with van der Waals surface area (Å²) in [6.07, 6.45) is -26.1. The summed E-state index contributed by atoms with van der Waals surface area (Å²) in [5, 5.41) is 0. The van der Waals surface area contributed by atoms with E-state index in [4.69, 9.17) is 0 Å². The summed E-state index contributed by atoms with van der Waals surface area (Å²) in [5.74, 6) is 0. The van der Waals surface area contributed by atoms with Gasteiger partial charge in [-0.05, 0) is 0 Å². The minimum absolute atomic E-state index is 0. The van der Waals surface area contributed by atoms with Gasteiger partial charge in [-0.2, -0.15) is 0 Å². The van der Waals surface area contributed by atoms with Crippen LogP contribution >= 0.6 is 6.88 Å². The molecule has 0 rings (SSSR count). The molecule has 0 aliphatic carbocycles. The Morgan fingerprint density at radius 3 is 0.538 bits per heavy atom. The molecule has 0 aliphatic rings. The third kappa shape index (κ3) is 2.49. The zero-order valence-corrected chi connectivity index (χ0v) is 14.1. The van der Waals surface area contributed by atoms with Gasteiger partial charge in [0.1, 0.15) is 0 Å². The van der Waals surface area contributed by atoms with Crippen molar-refractivity contribution in [3.63, 3.8) is 0 Å². The maximum absolute atomic E-state index is 15.0. The molecule has 156 valence electrons. The number of hydrogen-bond acceptors (Lipinski definition) is 0. The zero-order valence-electron chi connectivity index (χ0n) is 11.3. The van der Waals surface area contributed by atoms with Gasteiger partial charge in [0.25, 0.3) is 0 Å². The average Bonchev–Trinajstić information content (AvgIpc) is 2.23. The second kappa shape index (κ2) is 5.62. The molecule has 0 aromatic rings. The van der Waals surface area contributed by atoms with Gasteiger partial charge in [-0.25, -0.2) is 0 Å². The quantitative estimate of drug-likeness (QED) is 0.331. The first-order chi connectivity index (χ1) is 10.1. The van der Waals surface area contributed by atoms with Crippen LogP contribution in [-0.4, -0.2) is 35.5 Å². The van der Waals surface area contributed by atoms with E-state index in [9.17, 15) is 78.4 Å². The molecule has 0 aliphatic heterocycles. The van der Waals surface area contributed by atoms with E-state index in [1.165, 1.54) is 0 Å². The molecular formula is C6F18NaP. The Morgan fingerprint density at radius 1 is 0.346 bits per heavy atom. The standard InChI is InChI=1S/C6F18P.Na/c7-1(8,9)4(16,17)25(22,23,24,5(18,19)2(10,11)12)6(20,21)3(13,14)15;/q-1;+1. The van der Waals surface area contributed by atoms with Gasteiger partial charge in [-0.3, -0.25) is 0 Å². The third-order valence-electron chi connectivity index (χ3n) is 2.82. The molecule has 0 aromatic heterocycles. The molecule has 0 fully saturated rings. The van der Waals surface area contributed by atoms with Crippen LogP contribution in [0.2, 0.25) is 0 Å². The van der Waals surface area contributed by atoms with Crippen LogP contribution in [0.4, 0.5) is 78.4 Å². The van der Waals surface area contributed by atoms with Crippen LogP contribution in [0.3, 0.4) is 0 Å². The Balaban J connectivity index is 0. The van der Waals surface area contributed by atoms with Crippen LogP contribution in [-0.2, 0) is 0 Å². The Morgan fingerprint density at radius 2 is 0.462 bits per heavy atom. The van der Waals surface area contributed by atoms with E-state index in [1.807, 2.05) is 0 Å². The van der Waals surface area contributed by atoms with Crippen molar-refractivity contribution in [2.24, 2.45) is 0 Å². The maximum Gasteiger partial charge on any atom is 1.00 e. The van der Waals surface area contributed by atoms with E-state index < -0.39 is 42.4 Å². The SMILES string of the molecule is FC(F)(F)C(F)(F)[P-](F)(F)(F)(C(F)(F)C(F)(F)F)C(F)(F)C(F)(F)F.[Na+]. The van der Waals surface area contributed by atoms with Crippen LogP contribution in [0.15, 0.2) is 0 Å². The molecule has 0 amide bonds. The van der Waals surface area contributed by atoms with E-state index in [-0.39, 0.29) is 29.6 Å². The van der Waals surface area contributed by atoms with Gasteiger partial charge in [0, 0.05) is 0 Å². The summed E-state index contributed by atoms with van der Waals surface area (Å²) in [7, 11) is 0. The summed E-state index contributed by atoms with van der Waals surface area (Å²) < 4.78 is 222. The average molecular weight is 468 g/mol. The van der Waals surface area contributed by atoms with Crippen molar-refractivity contribution in [2.45, 2.75) is 35.5 Å². The molecule has 0 unspecified atom stereocenters. The summed E-state index contributed by atoms with van der Waals surface area (Å²) in [5.41, 5.74) is -29.3. The molecule has 0 heterocycles. The fourth-order valence-electron chi connectivity index (χ4n) is 1.34. The van der Waals surface area contributed by atoms with E-state index in [0.29, 0.717) is 0 Å². The molecule has 26 heavy (non-hydrogen) atoms. The van der Waals surface area contributed by atoms with Gasteiger partial charge >= 0.3 is 150 Å². The fourth-order valence-corrected chi connectivity index (χ4v) is 4.02. The first-order valence-corrected chi connectivity index (χ1v) is 7.12. The van der Waals surface area contributed by atoms with Crippen molar-refractivity contribution in [3.8, 4) is 0 Å². The van der Waals surface area contributed by atoms with Crippen LogP contribution in [0, 0.1) is 0 Å². The smallest absolute Gasteiger partial charge is 1.00 e. The molecule has 0 N–H and O–H groups in total. The minimum atomic E-state index is -15.0. The van der Waals surface area contributed by atoms with Gasteiger partial charge in [-0.15, -0.1) is 0 Å². The Labute approximate surface area is 151 Å². The number of hydrogen-bond donors (Lipinski definition) is 0. The predicted octanol–water partition coefficient (Wildman–Crippen LogP) is 4.20. The largest absolute Gasteiger partial charge is 1.00 e. The van der Waals surface area contributed by atoms with Gasteiger partial charge < -0.3 is 0 Å². The molecule has 0 nitrogen and oxygen atoms in total. The van der Waals surface area contributed by atoms with Gasteiger partial charge in [0.05, 0.1) is 0 Å². The topological polar surface area (TPSA) is 0 Å². The van der Waals surface area contributed by atoms with Crippen LogP contribution in [0.1, 0.15) is 0 Å². The Hall–Kier alpha value is 0.170. The molecular weight excluding hydrogens is 468 g/mol. The molecule has 20 heteroatoms. The van der Waals surface area contributed by atoms with E-state index in [1.54, 1.807) is 0 Å². The first kappa shape index (κ1) is 28.4. The van der Waals surface area contributed by atoms with Crippen molar-refractivity contribution in [1.82, 2.24) is 0 Å². The van der Waals surface area contributed by atoms with Gasteiger partial charge in [0.15, 0.2) is 0 Å². The van der Waals surface area contributed by atoms with Crippen molar-refractivity contribution in [1.29, 1.82) is 0 Å². The van der Waals surface area contributed by atoms with Crippen molar-refractivity contribution in [2.75, 3.05) is 0 Å². The van der Waals surface area contributed by atoms with Gasteiger partial charge in [-0.1, -0.05) is 0 Å². The van der Waals surface area contributed by atoms with Crippen LogP contribution < -0.4 is 29.6 Å². The Bertz CT molecular complexity index is 475.